The van der Waals surface area contributed by atoms with Crippen LogP contribution in [0.1, 0.15) is 16.7 Å². The smallest absolute Gasteiger partial charge is 0.181 e. The van der Waals surface area contributed by atoms with Gasteiger partial charge in [0.05, 0.1) is 0 Å². The summed E-state index contributed by atoms with van der Waals surface area (Å²) in [6.45, 7) is 0.705. The van der Waals surface area contributed by atoms with Crippen LogP contribution >= 0.6 is 0 Å². The van der Waals surface area contributed by atoms with E-state index in [1.54, 1.807) is 12.4 Å². The third kappa shape index (κ3) is 5.05. The number of pyridine rings is 1. The van der Waals surface area contributed by atoms with Gasteiger partial charge in [0.1, 0.15) is 0 Å². The number of nitrogens with zero attached hydrogens (tertiary/aromatic N) is 3. The molecule has 2 N–H and O–H groups in total. The van der Waals surface area contributed by atoms with Gasteiger partial charge in [0.15, 0.2) is 11.6 Å². The van der Waals surface area contributed by atoms with Crippen LogP contribution in [0.15, 0.2) is 103 Å². The molecule has 0 saturated heterocycles. The van der Waals surface area contributed by atoms with Crippen molar-refractivity contribution in [1.29, 1.82) is 0 Å². The quantitative estimate of drug-likeness (QED) is 0.297. The molecule has 0 unspecified atom stereocenters. The van der Waals surface area contributed by atoms with E-state index in [0.29, 0.717) is 12.4 Å². The topological polar surface area (TPSA) is 66.5 Å². The van der Waals surface area contributed by atoms with E-state index in [0.717, 1.165) is 28.2 Å². The van der Waals surface area contributed by atoms with E-state index < -0.39 is 0 Å². The summed E-state index contributed by atoms with van der Waals surface area (Å²) >= 11 is 0. The molecule has 160 valence electrons. The maximum atomic E-state index is 4.79. The second-order valence-electron chi connectivity index (χ2n) is 7.63. The van der Waals surface area contributed by atoms with Crippen LogP contribution in [0.4, 0.5) is 5.69 Å². The second kappa shape index (κ2) is 9.75. The zero-order valence-corrected chi connectivity index (χ0v) is 18.0. The van der Waals surface area contributed by atoms with E-state index in [9.17, 15) is 0 Å². The van der Waals surface area contributed by atoms with E-state index in [-0.39, 0.29) is 0 Å². The Morgan fingerprint density at radius 1 is 0.758 bits per heavy atom. The van der Waals surface area contributed by atoms with Crippen molar-refractivity contribution in [3.8, 4) is 22.8 Å². The Balaban J connectivity index is 1.36. The van der Waals surface area contributed by atoms with Crippen LogP contribution in [-0.2, 0) is 6.54 Å². The van der Waals surface area contributed by atoms with Gasteiger partial charge in [-0.1, -0.05) is 72.8 Å². The lowest BCUT2D eigenvalue weighted by atomic mass is 10.1. The fourth-order valence-electron chi connectivity index (χ4n) is 3.59. The van der Waals surface area contributed by atoms with Crippen LogP contribution in [0, 0.1) is 0 Å². The Morgan fingerprint density at radius 3 is 2.39 bits per heavy atom. The monoisotopic (exact) mass is 429 g/mol. The van der Waals surface area contributed by atoms with Crippen LogP contribution in [-0.4, -0.2) is 20.2 Å². The van der Waals surface area contributed by atoms with Gasteiger partial charge in [-0.15, -0.1) is 0 Å². The number of hydrogen-bond donors (Lipinski definition) is 2. The molecule has 3 aromatic carbocycles. The predicted molar refractivity (Wildman–Crippen MR) is 134 cm³/mol. The summed E-state index contributed by atoms with van der Waals surface area (Å²) in [5, 5.41) is 11.1. The number of para-hydroxylation sites is 1. The van der Waals surface area contributed by atoms with Gasteiger partial charge in [-0.25, -0.2) is 4.98 Å². The van der Waals surface area contributed by atoms with Gasteiger partial charge in [-0.05, 0) is 47.0 Å². The van der Waals surface area contributed by atoms with Crippen LogP contribution in [0.2, 0.25) is 0 Å². The normalized spacial score (nSPS) is 11.0. The third-order valence-electron chi connectivity index (χ3n) is 5.31. The molecule has 5 rings (SSSR count). The third-order valence-corrected chi connectivity index (χ3v) is 5.31. The maximum absolute atomic E-state index is 4.79. The number of aromatic nitrogens is 4. The van der Waals surface area contributed by atoms with Crippen molar-refractivity contribution in [3.05, 3.63) is 120 Å². The molecule has 0 amide bonds. The molecule has 5 nitrogen and oxygen atoms in total. The summed E-state index contributed by atoms with van der Waals surface area (Å²) in [5.74, 6) is 1.40. The molecule has 0 aliphatic heterocycles. The first-order valence-electron chi connectivity index (χ1n) is 10.8. The number of benzene rings is 3. The van der Waals surface area contributed by atoms with Gasteiger partial charge in [0, 0.05) is 35.8 Å². The van der Waals surface area contributed by atoms with Gasteiger partial charge >= 0.3 is 0 Å². The Hall–Kier alpha value is -4.51. The number of rotatable bonds is 7. The molecular formula is C28H23N5. The minimum absolute atomic E-state index is 0.670. The first-order valence-corrected chi connectivity index (χ1v) is 10.8. The van der Waals surface area contributed by atoms with E-state index >= 15 is 0 Å². The van der Waals surface area contributed by atoms with Crippen molar-refractivity contribution >= 4 is 17.8 Å². The van der Waals surface area contributed by atoms with Crippen molar-refractivity contribution in [2.45, 2.75) is 6.54 Å². The second-order valence-corrected chi connectivity index (χ2v) is 7.63. The fourth-order valence-corrected chi connectivity index (χ4v) is 3.59. The molecule has 0 aliphatic carbocycles. The molecule has 0 saturated carbocycles. The lowest BCUT2D eigenvalue weighted by Crippen LogP contribution is -2.01. The van der Waals surface area contributed by atoms with Crippen molar-refractivity contribution in [1.82, 2.24) is 20.2 Å². The number of hydrogen-bond acceptors (Lipinski definition) is 4. The Labute approximate surface area is 192 Å². The van der Waals surface area contributed by atoms with Crippen LogP contribution in [0.25, 0.3) is 34.9 Å². The predicted octanol–water partition coefficient (Wildman–Crippen LogP) is 6.32. The van der Waals surface area contributed by atoms with E-state index in [4.69, 9.17) is 4.98 Å². The van der Waals surface area contributed by atoms with Crippen LogP contribution in [0.5, 0.6) is 0 Å². The molecule has 5 aromatic rings. The van der Waals surface area contributed by atoms with Crippen LogP contribution in [0.3, 0.4) is 0 Å². The first-order chi connectivity index (χ1) is 16.3. The lowest BCUT2D eigenvalue weighted by Gasteiger charge is -2.10. The summed E-state index contributed by atoms with van der Waals surface area (Å²) in [6, 6.07) is 30.6. The van der Waals surface area contributed by atoms with Crippen molar-refractivity contribution < 1.29 is 0 Å². The Bertz CT molecular complexity index is 1360. The SMILES string of the molecule is C(=C\c1cccc(-c2n[nH]c(-c3ccccc3NCc3ccncc3)n2)c1)/c1ccccc1. The van der Waals surface area contributed by atoms with Gasteiger partial charge in [-0.2, -0.15) is 5.10 Å². The number of anilines is 1. The molecule has 0 radical (unpaired) electrons. The molecule has 33 heavy (non-hydrogen) atoms. The summed E-state index contributed by atoms with van der Waals surface area (Å²) in [4.78, 5) is 8.86. The lowest BCUT2D eigenvalue weighted by molar-refractivity contribution is 1.09. The molecule has 5 heteroatoms. The minimum Gasteiger partial charge on any atom is -0.380 e. The van der Waals surface area contributed by atoms with Crippen molar-refractivity contribution in [3.63, 3.8) is 0 Å². The van der Waals surface area contributed by atoms with E-state index in [1.165, 1.54) is 11.1 Å². The molecule has 2 aromatic heterocycles. The highest BCUT2D eigenvalue weighted by Crippen LogP contribution is 2.27. The minimum atomic E-state index is 0.670. The fraction of sp³-hybridized carbons (Fsp3) is 0.0357. The van der Waals surface area contributed by atoms with E-state index in [2.05, 4.69) is 56.9 Å². The van der Waals surface area contributed by atoms with Crippen molar-refractivity contribution in [2.75, 3.05) is 5.32 Å². The molecule has 0 fully saturated rings. The highest BCUT2D eigenvalue weighted by atomic mass is 15.2. The molecule has 0 atom stereocenters. The standard InChI is InChI=1S/C28H23N5/c1-2-7-21(8-3-1)13-14-22-9-6-10-24(19-22)27-31-28(33-32-27)25-11-4-5-12-26(25)30-20-23-15-17-29-18-16-23/h1-19,30H,20H2,(H,31,32,33)/b14-13+. The molecular weight excluding hydrogens is 406 g/mol. The van der Waals surface area contributed by atoms with Crippen molar-refractivity contribution in [2.24, 2.45) is 0 Å². The van der Waals surface area contributed by atoms with Crippen LogP contribution < -0.4 is 5.32 Å². The van der Waals surface area contributed by atoms with Gasteiger partial charge < -0.3 is 5.32 Å². The average Bonchev–Trinajstić information content (AvgIpc) is 3.38. The van der Waals surface area contributed by atoms with Gasteiger partial charge in [-0.3, -0.25) is 10.1 Å². The molecule has 0 bridgehead atoms. The molecule has 2 heterocycles. The van der Waals surface area contributed by atoms with Gasteiger partial charge in [0.25, 0.3) is 0 Å². The molecule has 0 spiro atoms. The largest absolute Gasteiger partial charge is 0.380 e. The zero-order chi connectivity index (χ0) is 22.3. The molecule has 0 aliphatic rings. The van der Waals surface area contributed by atoms with E-state index in [1.807, 2.05) is 66.7 Å². The summed E-state index contributed by atoms with van der Waals surface area (Å²) in [7, 11) is 0. The summed E-state index contributed by atoms with van der Waals surface area (Å²) in [5.41, 5.74) is 6.37. The maximum Gasteiger partial charge on any atom is 0.181 e. The summed E-state index contributed by atoms with van der Waals surface area (Å²) < 4.78 is 0. The average molecular weight is 430 g/mol. The highest BCUT2D eigenvalue weighted by Gasteiger charge is 2.11. The highest BCUT2D eigenvalue weighted by molar-refractivity contribution is 5.75. The number of H-pyrrole nitrogens is 1. The number of nitrogens with one attached hydrogen (secondary N) is 2. The Kier molecular flexibility index (Phi) is 6.02. The number of aromatic amines is 1. The first kappa shape index (κ1) is 20.4. The Morgan fingerprint density at radius 2 is 1.52 bits per heavy atom. The zero-order valence-electron chi connectivity index (χ0n) is 18.0. The summed E-state index contributed by atoms with van der Waals surface area (Å²) in [6.07, 6.45) is 7.81. The van der Waals surface area contributed by atoms with Gasteiger partial charge in [0.2, 0.25) is 0 Å².